The zero-order valence-electron chi connectivity index (χ0n) is 12.5. The molecule has 114 valence electrons. The lowest BCUT2D eigenvalue weighted by molar-refractivity contribution is -0.132. The Morgan fingerprint density at radius 1 is 1.27 bits per heavy atom. The molecule has 0 bridgehead atoms. The molecule has 2 aromatic rings. The number of phenolic OH excluding ortho intramolecular Hbond substituents is 1. The highest BCUT2D eigenvalue weighted by Gasteiger charge is 2.17. The second-order valence-corrected chi connectivity index (χ2v) is 5.58. The number of piperazine rings is 1. The van der Waals surface area contributed by atoms with Crippen molar-refractivity contribution in [2.24, 2.45) is 0 Å². The summed E-state index contributed by atoms with van der Waals surface area (Å²) >= 11 is 0. The van der Waals surface area contributed by atoms with E-state index in [9.17, 15) is 9.90 Å². The summed E-state index contributed by atoms with van der Waals surface area (Å²) in [7, 11) is 0. The van der Waals surface area contributed by atoms with Gasteiger partial charge in [-0.15, -0.1) is 0 Å². The number of aromatic nitrogens is 1. The van der Waals surface area contributed by atoms with Crippen LogP contribution in [0.25, 0.3) is 11.1 Å². The minimum atomic E-state index is 0.115. The smallest absolute Gasteiger partial charge is 0.236 e. The van der Waals surface area contributed by atoms with Crippen molar-refractivity contribution in [3.63, 3.8) is 0 Å². The molecule has 2 N–H and O–H groups in total. The first-order valence-corrected chi connectivity index (χ1v) is 7.36. The molecule has 0 aliphatic carbocycles. The zero-order valence-corrected chi connectivity index (χ0v) is 12.5. The molecule has 2 heterocycles. The third-order valence-corrected chi connectivity index (χ3v) is 3.90. The zero-order chi connectivity index (χ0) is 15.5. The van der Waals surface area contributed by atoms with E-state index in [1.807, 2.05) is 30.0 Å². The molecule has 1 aliphatic rings. The summed E-state index contributed by atoms with van der Waals surface area (Å²) in [5, 5.41) is 12.9. The van der Waals surface area contributed by atoms with E-state index in [-0.39, 0.29) is 11.7 Å². The van der Waals surface area contributed by atoms with Gasteiger partial charge in [0.05, 0.1) is 6.54 Å². The third kappa shape index (κ3) is 3.09. The van der Waals surface area contributed by atoms with Crippen molar-refractivity contribution in [2.75, 3.05) is 19.6 Å². The molecule has 0 radical (unpaired) electrons. The van der Waals surface area contributed by atoms with Gasteiger partial charge in [-0.3, -0.25) is 9.78 Å². The number of hydrogen-bond donors (Lipinski definition) is 2. The van der Waals surface area contributed by atoms with Crippen molar-refractivity contribution in [3.05, 3.63) is 47.8 Å². The normalized spacial score (nSPS) is 15.1. The summed E-state index contributed by atoms with van der Waals surface area (Å²) < 4.78 is 0. The fourth-order valence-corrected chi connectivity index (χ4v) is 2.55. The van der Waals surface area contributed by atoms with Gasteiger partial charge >= 0.3 is 0 Å². The number of aromatic hydroxyl groups is 1. The quantitative estimate of drug-likeness (QED) is 0.905. The highest BCUT2D eigenvalue weighted by molar-refractivity contribution is 5.79. The Bertz CT molecular complexity index is 700. The molecule has 0 saturated carbocycles. The summed E-state index contributed by atoms with van der Waals surface area (Å²) in [4.78, 5) is 18.0. The number of carbonyl (C=O) groups excluding carboxylic acids is 1. The number of pyridine rings is 1. The Hall–Kier alpha value is -2.40. The average molecular weight is 297 g/mol. The van der Waals surface area contributed by atoms with Gasteiger partial charge in [-0.2, -0.15) is 0 Å². The highest BCUT2D eigenvalue weighted by atomic mass is 16.3. The molecular formula is C17H19N3O2. The number of nitrogens with zero attached hydrogens (tertiary/aromatic N) is 2. The number of nitrogens with one attached hydrogen (secondary N) is 1. The summed E-state index contributed by atoms with van der Waals surface area (Å²) in [6.07, 6.45) is 3.56. The van der Waals surface area contributed by atoms with Crippen LogP contribution in [0.4, 0.5) is 0 Å². The second kappa shape index (κ2) is 6.15. The van der Waals surface area contributed by atoms with Crippen LogP contribution in [-0.2, 0) is 11.3 Å². The van der Waals surface area contributed by atoms with E-state index in [4.69, 9.17) is 0 Å². The predicted molar refractivity (Wildman–Crippen MR) is 84.4 cm³/mol. The second-order valence-electron chi connectivity index (χ2n) is 5.58. The van der Waals surface area contributed by atoms with Gasteiger partial charge < -0.3 is 15.3 Å². The number of carbonyl (C=O) groups is 1. The van der Waals surface area contributed by atoms with Crippen LogP contribution < -0.4 is 5.32 Å². The number of aryl methyl sites for hydroxylation is 1. The lowest BCUT2D eigenvalue weighted by Gasteiger charge is -2.27. The van der Waals surface area contributed by atoms with Crippen LogP contribution in [0.15, 0.2) is 36.7 Å². The number of phenols is 1. The number of amides is 1. The van der Waals surface area contributed by atoms with Crippen molar-refractivity contribution in [1.29, 1.82) is 0 Å². The SMILES string of the molecule is Cc1ccc(-c2cncc(CN3CCNCC3=O)c2)cc1O. The van der Waals surface area contributed by atoms with E-state index in [1.54, 1.807) is 18.5 Å². The maximum absolute atomic E-state index is 11.8. The Morgan fingerprint density at radius 3 is 2.91 bits per heavy atom. The van der Waals surface area contributed by atoms with Crippen LogP contribution in [0.2, 0.25) is 0 Å². The van der Waals surface area contributed by atoms with E-state index >= 15 is 0 Å². The number of rotatable bonds is 3. The van der Waals surface area contributed by atoms with Gasteiger partial charge in [0.2, 0.25) is 5.91 Å². The minimum Gasteiger partial charge on any atom is -0.508 e. The summed E-state index contributed by atoms with van der Waals surface area (Å²) in [6.45, 7) is 4.38. The van der Waals surface area contributed by atoms with Gasteiger partial charge in [-0.1, -0.05) is 12.1 Å². The molecule has 22 heavy (non-hydrogen) atoms. The highest BCUT2D eigenvalue weighted by Crippen LogP contribution is 2.26. The Kier molecular flexibility index (Phi) is 4.06. The van der Waals surface area contributed by atoms with Crippen molar-refractivity contribution < 1.29 is 9.90 Å². The Balaban J connectivity index is 1.82. The van der Waals surface area contributed by atoms with E-state index in [2.05, 4.69) is 10.3 Å². The van der Waals surface area contributed by atoms with Crippen molar-refractivity contribution in [1.82, 2.24) is 15.2 Å². The first-order chi connectivity index (χ1) is 10.6. The molecule has 0 atom stereocenters. The van der Waals surface area contributed by atoms with Crippen LogP contribution in [0.3, 0.4) is 0 Å². The molecule has 1 aromatic carbocycles. The lowest BCUT2D eigenvalue weighted by Crippen LogP contribution is -2.47. The van der Waals surface area contributed by atoms with Crippen LogP contribution >= 0.6 is 0 Å². The topological polar surface area (TPSA) is 65.5 Å². The van der Waals surface area contributed by atoms with E-state index < -0.39 is 0 Å². The maximum Gasteiger partial charge on any atom is 0.236 e. The van der Waals surface area contributed by atoms with Gasteiger partial charge in [-0.25, -0.2) is 0 Å². The number of benzene rings is 1. The van der Waals surface area contributed by atoms with Gasteiger partial charge in [0.15, 0.2) is 0 Å². The Morgan fingerprint density at radius 2 is 2.14 bits per heavy atom. The first kappa shape index (κ1) is 14.5. The fraction of sp³-hybridized carbons (Fsp3) is 0.294. The fourth-order valence-electron chi connectivity index (χ4n) is 2.55. The third-order valence-electron chi connectivity index (χ3n) is 3.90. The number of hydrogen-bond acceptors (Lipinski definition) is 4. The maximum atomic E-state index is 11.8. The summed E-state index contributed by atoms with van der Waals surface area (Å²) in [5.41, 5.74) is 3.70. The van der Waals surface area contributed by atoms with E-state index in [0.717, 1.165) is 28.8 Å². The van der Waals surface area contributed by atoms with Crippen molar-refractivity contribution in [2.45, 2.75) is 13.5 Å². The molecule has 1 fully saturated rings. The van der Waals surface area contributed by atoms with Crippen LogP contribution in [0.1, 0.15) is 11.1 Å². The predicted octanol–water partition coefficient (Wildman–Crippen LogP) is 1.69. The summed E-state index contributed by atoms with van der Waals surface area (Å²) in [6, 6.07) is 7.61. The largest absolute Gasteiger partial charge is 0.508 e. The standard InChI is InChI=1S/C17H19N3O2/c1-12-2-3-14(7-16(12)21)15-6-13(8-19-9-15)11-20-5-4-18-10-17(20)22/h2-3,6-9,18,21H,4-5,10-11H2,1H3. The first-order valence-electron chi connectivity index (χ1n) is 7.36. The van der Waals surface area contributed by atoms with Gasteiger partial charge in [0.1, 0.15) is 5.75 Å². The monoisotopic (exact) mass is 297 g/mol. The van der Waals surface area contributed by atoms with Gasteiger partial charge in [0.25, 0.3) is 0 Å². The average Bonchev–Trinajstić information content (AvgIpc) is 2.53. The molecule has 1 aliphatic heterocycles. The van der Waals surface area contributed by atoms with Crippen LogP contribution in [0.5, 0.6) is 5.75 Å². The van der Waals surface area contributed by atoms with Crippen molar-refractivity contribution in [3.8, 4) is 16.9 Å². The minimum absolute atomic E-state index is 0.115. The molecule has 1 saturated heterocycles. The van der Waals surface area contributed by atoms with Gasteiger partial charge in [-0.05, 0) is 35.7 Å². The lowest BCUT2D eigenvalue weighted by atomic mass is 10.0. The molecule has 3 rings (SSSR count). The molecule has 5 heteroatoms. The van der Waals surface area contributed by atoms with Crippen molar-refractivity contribution >= 4 is 5.91 Å². The summed E-state index contributed by atoms with van der Waals surface area (Å²) in [5.74, 6) is 0.393. The molecule has 1 aromatic heterocycles. The van der Waals surface area contributed by atoms with E-state index in [1.165, 1.54) is 0 Å². The molecule has 1 amide bonds. The molecule has 0 unspecified atom stereocenters. The molecule has 0 spiro atoms. The van der Waals surface area contributed by atoms with E-state index in [0.29, 0.717) is 19.6 Å². The molecular weight excluding hydrogens is 278 g/mol. The van der Waals surface area contributed by atoms with Gasteiger partial charge in [0, 0.05) is 37.6 Å². The van der Waals surface area contributed by atoms with Crippen LogP contribution in [-0.4, -0.2) is 40.5 Å². The van der Waals surface area contributed by atoms with Crippen LogP contribution in [0, 0.1) is 6.92 Å². The Labute approximate surface area is 129 Å². The molecule has 5 nitrogen and oxygen atoms in total.